The number of ether oxygens (including phenoxy) is 1. The minimum atomic E-state index is -0.326. The van der Waals surface area contributed by atoms with Crippen molar-refractivity contribution in [1.29, 1.82) is 0 Å². The van der Waals surface area contributed by atoms with Crippen LogP contribution in [-0.4, -0.2) is 13.7 Å². The van der Waals surface area contributed by atoms with Gasteiger partial charge in [0, 0.05) is 9.75 Å². The van der Waals surface area contributed by atoms with E-state index in [-0.39, 0.29) is 11.9 Å². The molecule has 108 valence electrons. The van der Waals surface area contributed by atoms with E-state index in [0.717, 1.165) is 18.5 Å². The van der Waals surface area contributed by atoms with E-state index in [2.05, 4.69) is 31.3 Å². The highest BCUT2D eigenvalue weighted by atomic mass is 32.1. The van der Waals surface area contributed by atoms with Gasteiger partial charge < -0.3 is 10.1 Å². The van der Waals surface area contributed by atoms with Crippen LogP contribution in [0.5, 0.6) is 5.75 Å². The van der Waals surface area contributed by atoms with Crippen molar-refractivity contribution in [1.82, 2.24) is 5.32 Å². The minimum absolute atomic E-state index is 0.0862. The zero-order valence-electron chi connectivity index (χ0n) is 12.1. The summed E-state index contributed by atoms with van der Waals surface area (Å²) in [4.78, 5) is 2.52. The summed E-state index contributed by atoms with van der Waals surface area (Å²) in [6, 6.07) is 9.39. The van der Waals surface area contributed by atoms with Crippen LogP contribution in [0.3, 0.4) is 0 Å². The van der Waals surface area contributed by atoms with Crippen molar-refractivity contribution >= 4 is 11.3 Å². The van der Waals surface area contributed by atoms with E-state index in [1.54, 1.807) is 17.4 Å². The van der Waals surface area contributed by atoms with Crippen LogP contribution in [0.25, 0.3) is 0 Å². The quantitative estimate of drug-likeness (QED) is 0.857. The molecule has 1 atom stereocenters. The Morgan fingerprint density at radius 2 is 2.10 bits per heavy atom. The predicted molar refractivity (Wildman–Crippen MR) is 82.1 cm³/mol. The lowest BCUT2D eigenvalue weighted by Gasteiger charge is -2.18. The molecule has 1 unspecified atom stereocenters. The fourth-order valence-electron chi connectivity index (χ4n) is 2.14. The third kappa shape index (κ3) is 3.38. The molecule has 0 spiro atoms. The zero-order chi connectivity index (χ0) is 14.5. The second-order valence-corrected chi connectivity index (χ2v) is 6.05. The summed E-state index contributed by atoms with van der Waals surface area (Å²) in [5.74, 6) is -0.0353. The summed E-state index contributed by atoms with van der Waals surface area (Å²) in [6.45, 7) is 5.15. The SMILES string of the molecule is CCCNC(c1ccc(F)c(OC)c1)c1ccc(C)s1. The van der Waals surface area contributed by atoms with Gasteiger partial charge in [-0.1, -0.05) is 13.0 Å². The molecule has 2 nitrogen and oxygen atoms in total. The first-order valence-corrected chi connectivity index (χ1v) is 7.60. The molecule has 4 heteroatoms. The lowest BCUT2D eigenvalue weighted by molar-refractivity contribution is 0.385. The number of halogens is 1. The van der Waals surface area contributed by atoms with Gasteiger partial charge in [-0.3, -0.25) is 0 Å². The van der Waals surface area contributed by atoms with Crippen molar-refractivity contribution in [2.45, 2.75) is 26.3 Å². The molecule has 0 fully saturated rings. The molecule has 0 amide bonds. The van der Waals surface area contributed by atoms with Gasteiger partial charge in [-0.15, -0.1) is 11.3 Å². The summed E-state index contributed by atoms with van der Waals surface area (Å²) >= 11 is 1.76. The largest absolute Gasteiger partial charge is 0.494 e. The maximum Gasteiger partial charge on any atom is 0.165 e. The van der Waals surface area contributed by atoms with E-state index in [0.29, 0.717) is 5.75 Å². The summed E-state index contributed by atoms with van der Waals surface area (Å²) in [5, 5.41) is 3.52. The maximum absolute atomic E-state index is 13.5. The van der Waals surface area contributed by atoms with E-state index in [4.69, 9.17) is 4.74 Å². The van der Waals surface area contributed by atoms with Crippen molar-refractivity contribution in [3.05, 3.63) is 51.5 Å². The Morgan fingerprint density at radius 3 is 2.70 bits per heavy atom. The number of rotatable bonds is 6. The molecule has 0 radical (unpaired) electrons. The van der Waals surface area contributed by atoms with Gasteiger partial charge in [0.2, 0.25) is 0 Å². The van der Waals surface area contributed by atoms with Gasteiger partial charge >= 0.3 is 0 Å². The van der Waals surface area contributed by atoms with Gasteiger partial charge in [-0.2, -0.15) is 0 Å². The lowest BCUT2D eigenvalue weighted by Crippen LogP contribution is -2.22. The molecule has 0 bridgehead atoms. The molecular weight excluding hydrogens is 273 g/mol. The van der Waals surface area contributed by atoms with Crippen LogP contribution in [0.1, 0.15) is 34.7 Å². The van der Waals surface area contributed by atoms with Gasteiger partial charge in [0.15, 0.2) is 11.6 Å². The van der Waals surface area contributed by atoms with E-state index < -0.39 is 0 Å². The summed E-state index contributed by atoms with van der Waals surface area (Å²) < 4.78 is 18.6. The molecule has 20 heavy (non-hydrogen) atoms. The van der Waals surface area contributed by atoms with Crippen molar-refractivity contribution in [2.75, 3.05) is 13.7 Å². The molecule has 2 aromatic rings. The van der Waals surface area contributed by atoms with Crippen LogP contribution >= 0.6 is 11.3 Å². The average Bonchev–Trinajstić information content (AvgIpc) is 2.87. The monoisotopic (exact) mass is 293 g/mol. The smallest absolute Gasteiger partial charge is 0.165 e. The van der Waals surface area contributed by atoms with E-state index in [1.165, 1.54) is 22.9 Å². The number of methoxy groups -OCH3 is 1. The molecule has 0 aliphatic heterocycles. The Morgan fingerprint density at radius 1 is 1.30 bits per heavy atom. The van der Waals surface area contributed by atoms with Crippen molar-refractivity contribution < 1.29 is 9.13 Å². The van der Waals surface area contributed by atoms with Crippen LogP contribution in [0.4, 0.5) is 4.39 Å². The van der Waals surface area contributed by atoms with Gasteiger partial charge in [-0.25, -0.2) is 4.39 Å². The first-order valence-electron chi connectivity index (χ1n) is 6.79. The fourth-order valence-corrected chi connectivity index (χ4v) is 3.12. The first kappa shape index (κ1) is 15.0. The minimum Gasteiger partial charge on any atom is -0.494 e. The molecule has 0 aliphatic carbocycles. The molecular formula is C16H20FNOS. The standard InChI is InChI=1S/C16H20FNOS/c1-4-9-18-16(15-8-5-11(2)20-15)12-6-7-13(17)14(10-12)19-3/h5-8,10,16,18H,4,9H2,1-3H3. The molecule has 1 N–H and O–H groups in total. The van der Waals surface area contributed by atoms with Gasteiger partial charge in [-0.05, 0) is 49.7 Å². The highest BCUT2D eigenvalue weighted by Crippen LogP contribution is 2.31. The highest BCUT2D eigenvalue weighted by molar-refractivity contribution is 7.12. The number of hydrogen-bond acceptors (Lipinski definition) is 3. The molecule has 1 aromatic heterocycles. The van der Waals surface area contributed by atoms with Crippen LogP contribution < -0.4 is 10.1 Å². The predicted octanol–water partition coefficient (Wildman–Crippen LogP) is 4.29. The normalized spacial score (nSPS) is 12.4. The third-order valence-electron chi connectivity index (χ3n) is 3.15. The Bertz CT molecular complexity index is 567. The highest BCUT2D eigenvalue weighted by Gasteiger charge is 2.17. The lowest BCUT2D eigenvalue weighted by atomic mass is 10.0. The molecule has 1 heterocycles. The summed E-state index contributed by atoms with van der Waals surface area (Å²) in [5.41, 5.74) is 1.03. The van der Waals surface area contributed by atoms with Crippen LogP contribution in [0.15, 0.2) is 30.3 Å². The second-order valence-electron chi connectivity index (χ2n) is 4.73. The van der Waals surface area contributed by atoms with Gasteiger partial charge in [0.05, 0.1) is 13.2 Å². The second kappa shape index (κ2) is 6.86. The number of nitrogens with one attached hydrogen (secondary N) is 1. The Labute approximate surface area is 123 Å². The van der Waals surface area contributed by atoms with E-state index in [1.807, 2.05) is 6.07 Å². The van der Waals surface area contributed by atoms with Crippen molar-refractivity contribution in [3.8, 4) is 5.75 Å². The fraction of sp³-hybridized carbons (Fsp3) is 0.375. The zero-order valence-corrected chi connectivity index (χ0v) is 12.9. The Hall–Kier alpha value is -1.39. The molecule has 1 aromatic carbocycles. The molecule has 2 rings (SSSR count). The molecule has 0 saturated heterocycles. The Balaban J connectivity index is 2.35. The first-order chi connectivity index (χ1) is 9.65. The number of thiophene rings is 1. The van der Waals surface area contributed by atoms with Crippen LogP contribution in [-0.2, 0) is 0 Å². The molecule has 0 aliphatic rings. The van der Waals surface area contributed by atoms with Crippen LogP contribution in [0, 0.1) is 12.7 Å². The van der Waals surface area contributed by atoms with E-state index >= 15 is 0 Å². The van der Waals surface area contributed by atoms with Gasteiger partial charge in [0.1, 0.15) is 0 Å². The number of aryl methyl sites for hydroxylation is 1. The maximum atomic E-state index is 13.5. The topological polar surface area (TPSA) is 21.3 Å². The summed E-state index contributed by atoms with van der Waals surface area (Å²) in [7, 11) is 1.49. The third-order valence-corrected chi connectivity index (χ3v) is 4.22. The molecule has 0 saturated carbocycles. The number of benzene rings is 1. The van der Waals surface area contributed by atoms with Crippen molar-refractivity contribution in [3.63, 3.8) is 0 Å². The van der Waals surface area contributed by atoms with Crippen molar-refractivity contribution in [2.24, 2.45) is 0 Å². The van der Waals surface area contributed by atoms with Gasteiger partial charge in [0.25, 0.3) is 0 Å². The average molecular weight is 293 g/mol. The number of hydrogen-bond donors (Lipinski definition) is 1. The Kier molecular flexibility index (Phi) is 5.15. The summed E-state index contributed by atoms with van der Waals surface area (Å²) in [6.07, 6.45) is 1.05. The van der Waals surface area contributed by atoms with Crippen LogP contribution in [0.2, 0.25) is 0 Å². The van der Waals surface area contributed by atoms with E-state index in [9.17, 15) is 4.39 Å².